The number of anilines is 1. The lowest BCUT2D eigenvalue weighted by Crippen LogP contribution is -2.37. The van der Waals surface area contributed by atoms with Gasteiger partial charge in [0.15, 0.2) is 16.6 Å². The maximum atomic E-state index is 13.2. The number of carbonyl (C=O) groups excluding carboxylic acids is 2. The van der Waals surface area contributed by atoms with Crippen molar-refractivity contribution in [2.45, 2.75) is 50.9 Å². The third-order valence-corrected chi connectivity index (χ3v) is 7.07. The van der Waals surface area contributed by atoms with Crippen LogP contribution in [0.1, 0.15) is 65.4 Å². The second kappa shape index (κ2) is 8.26. The summed E-state index contributed by atoms with van der Waals surface area (Å²) in [7, 11) is 0. The number of amides is 2. The molecule has 2 aromatic rings. The van der Waals surface area contributed by atoms with E-state index in [1.54, 1.807) is 18.2 Å². The van der Waals surface area contributed by atoms with E-state index in [2.05, 4.69) is 5.32 Å². The van der Waals surface area contributed by atoms with Crippen LogP contribution in [0.25, 0.3) is 0 Å². The van der Waals surface area contributed by atoms with Gasteiger partial charge in [0, 0.05) is 23.5 Å². The van der Waals surface area contributed by atoms with Gasteiger partial charge in [-0.3, -0.25) is 14.9 Å². The number of nitrogens with zero attached hydrogens (tertiary/aromatic N) is 2. The van der Waals surface area contributed by atoms with Crippen LogP contribution in [0.15, 0.2) is 18.2 Å². The van der Waals surface area contributed by atoms with E-state index in [-0.39, 0.29) is 24.5 Å². The van der Waals surface area contributed by atoms with E-state index < -0.39 is 0 Å². The van der Waals surface area contributed by atoms with Crippen molar-refractivity contribution < 1.29 is 19.1 Å². The van der Waals surface area contributed by atoms with E-state index in [1.807, 2.05) is 4.90 Å². The molecule has 7 nitrogen and oxygen atoms in total. The highest BCUT2D eigenvalue weighted by Crippen LogP contribution is 2.38. The minimum atomic E-state index is -0.241. The fourth-order valence-electron chi connectivity index (χ4n) is 4.43. The number of nitrogens with one attached hydrogen (secondary N) is 1. The molecule has 3 heterocycles. The molecule has 0 bridgehead atoms. The third kappa shape index (κ3) is 3.76. The molecule has 1 N–H and O–H groups in total. The van der Waals surface area contributed by atoms with Crippen LogP contribution in [0.3, 0.4) is 0 Å². The fourth-order valence-corrected chi connectivity index (χ4v) is 5.49. The molecule has 1 saturated heterocycles. The Kier molecular flexibility index (Phi) is 5.33. The number of thiazole rings is 1. The van der Waals surface area contributed by atoms with Crippen molar-refractivity contribution in [2.75, 3.05) is 25.2 Å². The number of aryl methyl sites for hydroxylation is 1. The van der Waals surface area contributed by atoms with Gasteiger partial charge in [0.05, 0.1) is 11.6 Å². The Morgan fingerprint density at radius 1 is 1.07 bits per heavy atom. The molecule has 8 heteroatoms. The summed E-state index contributed by atoms with van der Waals surface area (Å²) in [4.78, 5) is 33.8. The predicted octanol–water partition coefficient (Wildman–Crippen LogP) is 3.95. The lowest BCUT2D eigenvalue weighted by molar-refractivity contribution is -0.133. The first-order valence-electron chi connectivity index (χ1n) is 10.7. The van der Waals surface area contributed by atoms with Crippen molar-refractivity contribution in [3.8, 4) is 11.5 Å². The summed E-state index contributed by atoms with van der Waals surface area (Å²) in [6.45, 7) is 1.87. The second-order valence-corrected chi connectivity index (χ2v) is 9.12. The van der Waals surface area contributed by atoms with Crippen molar-refractivity contribution in [3.63, 3.8) is 0 Å². The minimum absolute atomic E-state index is 0.173. The highest BCUT2D eigenvalue weighted by atomic mass is 32.1. The molecule has 0 spiro atoms. The molecule has 5 rings (SSSR count). The highest BCUT2D eigenvalue weighted by Gasteiger charge is 2.33. The number of rotatable bonds is 3. The second-order valence-electron chi connectivity index (χ2n) is 8.03. The summed E-state index contributed by atoms with van der Waals surface area (Å²) in [5, 5.41) is 3.46. The molecule has 1 aliphatic carbocycles. The average molecular weight is 428 g/mol. The Labute approximate surface area is 179 Å². The Balaban J connectivity index is 1.32. The van der Waals surface area contributed by atoms with E-state index in [1.165, 1.54) is 24.2 Å². The molecule has 1 aromatic carbocycles. The van der Waals surface area contributed by atoms with E-state index in [0.29, 0.717) is 22.2 Å². The summed E-state index contributed by atoms with van der Waals surface area (Å²) in [6, 6.07) is 5.12. The van der Waals surface area contributed by atoms with Gasteiger partial charge in [-0.15, -0.1) is 11.3 Å². The first-order chi connectivity index (χ1) is 14.7. The number of hydrogen-bond acceptors (Lipinski definition) is 6. The van der Waals surface area contributed by atoms with Gasteiger partial charge in [-0.1, -0.05) is 12.8 Å². The van der Waals surface area contributed by atoms with Crippen LogP contribution >= 0.6 is 11.3 Å². The van der Waals surface area contributed by atoms with Crippen molar-refractivity contribution in [2.24, 2.45) is 0 Å². The Hall–Kier alpha value is -2.61. The average Bonchev–Trinajstić information content (AvgIpc) is 3.30. The summed E-state index contributed by atoms with van der Waals surface area (Å²) >= 11 is 1.49. The number of benzene rings is 1. The molecule has 1 atom stereocenters. The maximum absolute atomic E-state index is 13.2. The Morgan fingerprint density at radius 3 is 2.70 bits per heavy atom. The summed E-state index contributed by atoms with van der Waals surface area (Å²) in [6.07, 6.45) is 7.30. The summed E-state index contributed by atoms with van der Waals surface area (Å²) < 4.78 is 10.7. The molecular weight excluding hydrogens is 402 g/mol. The molecule has 2 aliphatic heterocycles. The Bertz CT molecular complexity index is 965. The van der Waals surface area contributed by atoms with Gasteiger partial charge in [-0.05, 0) is 50.3 Å². The quantitative estimate of drug-likeness (QED) is 0.802. The summed E-state index contributed by atoms with van der Waals surface area (Å²) in [5.74, 6) is 1.00. The minimum Gasteiger partial charge on any atom is -0.454 e. The van der Waals surface area contributed by atoms with E-state index >= 15 is 0 Å². The molecule has 0 unspecified atom stereocenters. The highest BCUT2D eigenvalue weighted by molar-refractivity contribution is 7.16. The largest absolute Gasteiger partial charge is 0.454 e. The van der Waals surface area contributed by atoms with Crippen molar-refractivity contribution in [3.05, 3.63) is 34.3 Å². The van der Waals surface area contributed by atoms with Gasteiger partial charge in [0.1, 0.15) is 0 Å². The first kappa shape index (κ1) is 19.4. The molecule has 1 fully saturated rings. The van der Waals surface area contributed by atoms with Crippen molar-refractivity contribution in [1.82, 2.24) is 9.88 Å². The Morgan fingerprint density at radius 2 is 1.87 bits per heavy atom. The van der Waals surface area contributed by atoms with Gasteiger partial charge in [0.25, 0.3) is 5.91 Å². The monoisotopic (exact) mass is 427 g/mol. The van der Waals surface area contributed by atoms with Crippen LogP contribution in [0.4, 0.5) is 5.13 Å². The predicted molar refractivity (Wildman–Crippen MR) is 113 cm³/mol. The molecular formula is C22H25N3O4S. The van der Waals surface area contributed by atoms with Crippen molar-refractivity contribution in [1.29, 1.82) is 0 Å². The van der Waals surface area contributed by atoms with Gasteiger partial charge in [-0.2, -0.15) is 0 Å². The lowest BCUT2D eigenvalue weighted by Gasteiger charge is -2.27. The molecule has 30 heavy (non-hydrogen) atoms. The molecule has 0 radical (unpaired) electrons. The van der Waals surface area contributed by atoms with Crippen LogP contribution in [0, 0.1) is 0 Å². The number of ether oxygens (including phenoxy) is 2. The zero-order valence-electron chi connectivity index (χ0n) is 16.8. The lowest BCUT2D eigenvalue weighted by atomic mass is 9.90. The van der Waals surface area contributed by atoms with Crippen molar-refractivity contribution >= 4 is 28.3 Å². The van der Waals surface area contributed by atoms with E-state index in [0.717, 1.165) is 55.8 Å². The van der Waals surface area contributed by atoms with Gasteiger partial charge >= 0.3 is 0 Å². The fraction of sp³-hybridized carbons (Fsp3) is 0.500. The molecule has 158 valence electrons. The molecule has 3 aliphatic rings. The van der Waals surface area contributed by atoms with E-state index in [4.69, 9.17) is 14.5 Å². The van der Waals surface area contributed by atoms with Crippen LogP contribution in [-0.2, 0) is 11.2 Å². The van der Waals surface area contributed by atoms with Crippen LogP contribution < -0.4 is 14.8 Å². The maximum Gasteiger partial charge on any atom is 0.257 e. The molecule has 1 aromatic heterocycles. The van der Waals surface area contributed by atoms with Gasteiger partial charge in [-0.25, -0.2) is 4.98 Å². The molecule has 2 amide bonds. The SMILES string of the molecule is O=C(Nc1nc2c(s1)CCC[C@@H]2C(=O)N1CCCCCC1)c1ccc2c(c1)OCO2. The normalized spacial score (nSPS) is 20.4. The number of aromatic nitrogens is 1. The van der Waals surface area contributed by atoms with Gasteiger partial charge < -0.3 is 14.4 Å². The summed E-state index contributed by atoms with van der Waals surface area (Å²) in [5.41, 5.74) is 1.35. The topological polar surface area (TPSA) is 80.8 Å². The zero-order chi connectivity index (χ0) is 20.5. The third-order valence-electron chi connectivity index (χ3n) is 6.03. The molecule has 0 saturated carbocycles. The standard InChI is InChI=1S/C22H25N3O4S/c26-20(14-8-9-16-17(12-14)29-13-28-16)24-22-23-19-15(6-5-7-18(19)30-22)21(27)25-10-3-1-2-4-11-25/h8-9,12,15H,1-7,10-11,13H2,(H,23,24,26)/t15-/m0/s1. The number of carbonyl (C=O) groups is 2. The number of likely N-dealkylation sites (tertiary alicyclic amines) is 1. The smallest absolute Gasteiger partial charge is 0.257 e. The first-order valence-corrected chi connectivity index (χ1v) is 11.5. The van der Waals surface area contributed by atoms with Crippen LogP contribution in [0.2, 0.25) is 0 Å². The number of hydrogen-bond donors (Lipinski definition) is 1. The van der Waals surface area contributed by atoms with Crippen LogP contribution in [0.5, 0.6) is 11.5 Å². The van der Waals surface area contributed by atoms with Crippen LogP contribution in [-0.4, -0.2) is 41.6 Å². The zero-order valence-corrected chi connectivity index (χ0v) is 17.6. The number of fused-ring (bicyclic) bond motifs is 2. The van der Waals surface area contributed by atoms with Gasteiger partial charge in [0.2, 0.25) is 12.7 Å². The van der Waals surface area contributed by atoms with E-state index in [9.17, 15) is 9.59 Å².